The number of unbranched alkanes of at least 4 members (excludes halogenated alkanes) is 3. The molecule has 32 heavy (non-hydrogen) atoms. The van der Waals surface area contributed by atoms with E-state index in [1.807, 2.05) is 0 Å². The molecule has 0 aromatic heterocycles. The van der Waals surface area contributed by atoms with E-state index in [0.717, 1.165) is 61.6 Å². The second-order valence-corrected chi connectivity index (χ2v) is 13.1. The zero-order valence-corrected chi connectivity index (χ0v) is 21.9. The summed E-state index contributed by atoms with van der Waals surface area (Å²) in [7, 11) is 0. The smallest absolute Gasteiger partial charge is 0.0543 e. The van der Waals surface area contributed by atoms with Gasteiger partial charge >= 0.3 is 0 Å². The van der Waals surface area contributed by atoms with E-state index in [2.05, 4.69) is 27.7 Å². The average Bonchev–Trinajstić information content (AvgIpc) is 3.13. The Balaban J connectivity index is 1.29. The van der Waals surface area contributed by atoms with Crippen LogP contribution in [0, 0.1) is 46.3 Å². The van der Waals surface area contributed by atoms with Gasteiger partial charge in [0, 0.05) is 13.2 Å². The minimum Gasteiger partial charge on any atom is -0.393 e. The molecule has 0 heterocycles. The van der Waals surface area contributed by atoms with Crippen molar-refractivity contribution in [3.05, 3.63) is 0 Å². The predicted octanol–water partition coefficient (Wildman–Crippen LogP) is 8.02. The third-order valence-corrected chi connectivity index (χ3v) is 11.5. The molecule has 2 nitrogen and oxygen atoms in total. The van der Waals surface area contributed by atoms with Gasteiger partial charge in [-0.05, 0) is 123 Å². The number of ether oxygens (including phenoxy) is 1. The number of aliphatic hydroxyl groups is 1. The van der Waals surface area contributed by atoms with Crippen molar-refractivity contribution in [2.45, 2.75) is 130 Å². The summed E-state index contributed by atoms with van der Waals surface area (Å²) < 4.78 is 5.95. The fraction of sp³-hybridized carbons (Fsp3) is 1.00. The van der Waals surface area contributed by atoms with Gasteiger partial charge in [-0.2, -0.15) is 0 Å². The van der Waals surface area contributed by atoms with Crippen LogP contribution in [-0.2, 0) is 4.74 Å². The summed E-state index contributed by atoms with van der Waals surface area (Å²) in [6.07, 6.45) is 20.0. The highest BCUT2D eigenvalue weighted by molar-refractivity contribution is 5.09. The number of aliphatic hydroxyl groups excluding tert-OH is 1. The Morgan fingerprint density at radius 2 is 1.59 bits per heavy atom. The van der Waals surface area contributed by atoms with Crippen LogP contribution < -0.4 is 0 Å². The minimum absolute atomic E-state index is 0.0180. The first kappa shape index (κ1) is 25.0. The molecule has 9 atom stereocenters. The van der Waals surface area contributed by atoms with Gasteiger partial charge in [0.25, 0.3) is 0 Å². The zero-order valence-electron chi connectivity index (χ0n) is 21.9. The average molecular weight is 447 g/mol. The summed E-state index contributed by atoms with van der Waals surface area (Å²) in [5, 5.41) is 10.3. The third kappa shape index (κ3) is 4.84. The molecule has 2 heteroatoms. The molecule has 1 N–H and O–H groups in total. The van der Waals surface area contributed by atoms with Crippen LogP contribution in [0.25, 0.3) is 0 Å². The highest BCUT2D eigenvalue weighted by Gasteiger charge is 2.60. The third-order valence-electron chi connectivity index (χ3n) is 11.5. The first-order chi connectivity index (χ1) is 15.4. The van der Waals surface area contributed by atoms with Crippen molar-refractivity contribution >= 4 is 0 Å². The van der Waals surface area contributed by atoms with Crippen LogP contribution in [0.5, 0.6) is 0 Å². The lowest BCUT2D eigenvalue weighted by Gasteiger charge is -2.61. The Labute approximate surface area is 199 Å². The maximum atomic E-state index is 10.3. The number of hydrogen-bond donors (Lipinski definition) is 1. The van der Waals surface area contributed by atoms with Gasteiger partial charge in [-0.25, -0.2) is 0 Å². The summed E-state index contributed by atoms with van der Waals surface area (Å²) in [5.74, 6) is 5.43. The van der Waals surface area contributed by atoms with Crippen LogP contribution >= 0.6 is 0 Å². The van der Waals surface area contributed by atoms with E-state index < -0.39 is 0 Å². The molecule has 4 rings (SSSR count). The van der Waals surface area contributed by atoms with Crippen molar-refractivity contribution in [1.29, 1.82) is 0 Å². The summed E-state index contributed by atoms with van der Waals surface area (Å²) in [6, 6.07) is 0. The van der Waals surface area contributed by atoms with Crippen molar-refractivity contribution < 1.29 is 9.84 Å². The van der Waals surface area contributed by atoms with Gasteiger partial charge in [0.1, 0.15) is 0 Å². The molecule has 0 bridgehead atoms. The van der Waals surface area contributed by atoms with Crippen LogP contribution in [0.15, 0.2) is 0 Å². The largest absolute Gasteiger partial charge is 0.393 e. The molecule has 4 fully saturated rings. The molecule has 0 radical (unpaired) electrons. The van der Waals surface area contributed by atoms with E-state index in [4.69, 9.17) is 4.74 Å². The molecule has 0 aromatic rings. The normalized spacial score (nSPS) is 44.5. The van der Waals surface area contributed by atoms with E-state index in [0.29, 0.717) is 10.8 Å². The fourth-order valence-corrected chi connectivity index (χ4v) is 9.65. The highest BCUT2D eigenvalue weighted by Crippen LogP contribution is 2.68. The summed E-state index contributed by atoms with van der Waals surface area (Å²) in [5.41, 5.74) is 1.10. The number of rotatable bonds is 10. The molecular weight excluding hydrogens is 392 g/mol. The SMILES string of the molecule is CCCCCCOCCC[C@@H](C)[C@H]1CCC2C3CC[C@@H]4C[C@H](O)CC[C@]4(C)C3CC[C@@]21C. The minimum atomic E-state index is -0.0180. The van der Waals surface area contributed by atoms with Crippen LogP contribution in [0.1, 0.15) is 124 Å². The summed E-state index contributed by atoms with van der Waals surface area (Å²) in [4.78, 5) is 0. The Hall–Kier alpha value is -0.0800. The van der Waals surface area contributed by atoms with Crippen molar-refractivity contribution in [3.8, 4) is 0 Å². The van der Waals surface area contributed by atoms with Gasteiger partial charge in [-0.1, -0.05) is 47.0 Å². The standard InChI is InChI=1S/C30H54O2/c1-5-6-7-8-19-32-20-9-10-22(2)26-13-14-27-25-12-11-23-21-24(31)15-17-29(23,3)28(25)16-18-30(26,27)4/h22-28,31H,5-21H2,1-4H3/t22-,23-,24-,25?,26-,27?,28?,29+,30-/m1/s1. The van der Waals surface area contributed by atoms with Crippen molar-refractivity contribution in [3.63, 3.8) is 0 Å². The van der Waals surface area contributed by atoms with Crippen LogP contribution in [0.3, 0.4) is 0 Å². The molecule has 186 valence electrons. The zero-order chi connectivity index (χ0) is 22.8. The highest BCUT2D eigenvalue weighted by atomic mass is 16.5. The summed E-state index contributed by atoms with van der Waals surface area (Å²) in [6.45, 7) is 12.1. The first-order valence-electron chi connectivity index (χ1n) is 14.7. The molecule has 0 amide bonds. The lowest BCUT2D eigenvalue weighted by atomic mass is 9.44. The van der Waals surface area contributed by atoms with Gasteiger partial charge < -0.3 is 9.84 Å². The Kier molecular flexibility index (Phi) is 8.35. The maximum absolute atomic E-state index is 10.3. The van der Waals surface area contributed by atoms with E-state index >= 15 is 0 Å². The lowest BCUT2D eigenvalue weighted by Crippen LogP contribution is -2.54. The Morgan fingerprint density at radius 1 is 0.844 bits per heavy atom. The van der Waals surface area contributed by atoms with Crippen molar-refractivity contribution in [2.24, 2.45) is 46.3 Å². The van der Waals surface area contributed by atoms with Gasteiger partial charge in [0.05, 0.1) is 6.10 Å². The van der Waals surface area contributed by atoms with Crippen LogP contribution in [0.4, 0.5) is 0 Å². The molecule has 0 spiro atoms. The fourth-order valence-electron chi connectivity index (χ4n) is 9.65. The van der Waals surface area contributed by atoms with Gasteiger partial charge in [0.15, 0.2) is 0 Å². The molecule has 4 saturated carbocycles. The maximum Gasteiger partial charge on any atom is 0.0543 e. The van der Waals surface area contributed by atoms with E-state index in [1.165, 1.54) is 83.5 Å². The molecule has 4 aliphatic rings. The van der Waals surface area contributed by atoms with E-state index in [9.17, 15) is 5.11 Å². The van der Waals surface area contributed by atoms with Crippen LogP contribution in [0.2, 0.25) is 0 Å². The first-order valence-corrected chi connectivity index (χ1v) is 14.7. The van der Waals surface area contributed by atoms with E-state index in [-0.39, 0.29) is 6.10 Å². The molecule has 0 aliphatic heterocycles. The Morgan fingerprint density at radius 3 is 2.41 bits per heavy atom. The Bertz CT molecular complexity index is 589. The monoisotopic (exact) mass is 446 g/mol. The molecule has 3 unspecified atom stereocenters. The van der Waals surface area contributed by atoms with E-state index in [1.54, 1.807) is 0 Å². The van der Waals surface area contributed by atoms with Crippen molar-refractivity contribution in [2.75, 3.05) is 13.2 Å². The molecule has 4 aliphatic carbocycles. The van der Waals surface area contributed by atoms with Crippen molar-refractivity contribution in [1.82, 2.24) is 0 Å². The molecule has 0 saturated heterocycles. The van der Waals surface area contributed by atoms with Gasteiger partial charge in [-0.15, -0.1) is 0 Å². The number of hydrogen-bond acceptors (Lipinski definition) is 2. The number of fused-ring (bicyclic) bond motifs is 5. The second kappa shape index (κ2) is 10.7. The van der Waals surface area contributed by atoms with Gasteiger partial charge in [0.2, 0.25) is 0 Å². The predicted molar refractivity (Wildman–Crippen MR) is 135 cm³/mol. The lowest BCUT2D eigenvalue weighted by molar-refractivity contribution is -0.129. The van der Waals surface area contributed by atoms with Crippen LogP contribution in [-0.4, -0.2) is 24.4 Å². The molecule has 0 aromatic carbocycles. The second-order valence-electron chi connectivity index (χ2n) is 13.1. The topological polar surface area (TPSA) is 29.5 Å². The summed E-state index contributed by atoms with van der Waals surface area (Å²) >= 11 is 0. The quantitative estimate of drug-likeness (QED) is 0.344. The van der Waals surface area contributed by atoms with Gasteiger partial charge in [-0.3, -0.25) is 0 Å². The molecular formula is C30H54O2.